The lowest BCUT2D eigenvalue weighted by Gasteiger charge is -2.09. The zero-order valence-corrected chi connectivity index (χ0v) is 18.8. The number of hydrogen-bond donors (Lipinski definition) is 2. The fraction of sp³-hybridized carbons (Fsp3) is 0.273. The Bertz CT molecular complexity index is 916. The van der Waals surface area contributed by atoms with Gasteiger partial charge >= 0.3 is 0 Å². The van der Waals surface area contributed by atoms with E-state index in [1.54, 1.807) is 6.26 Å². The van der Waals surface area contributed by atoms with E-state index in [0.717, 1.165) is 16.9 Å². The second kappa shape index (κ2) is 10.3. The van der Waals surface area contributed by atoms with E-state index in [4.69, 9.17) is 10.2 Å². The van der Waals surface area contributed by atoms with Crippen molar-refractivity contribution in [3.05, 3.63) is 71.6 Å². The molecule has 0 spiro atoms. The monoisotopic (exact) mass is 490 g/mol. The van der Waals surface area contributed by atoms with Gasteiger partial charge in [0.05, 0.1) is 5.69 Å². The molecule has 5 nitrogen and oxygen atoms in total. The first-order valence-electron chi connectivity index (χ1n) is 9.19. The van der Waals surface area contributed by atoms with Crippen LogP contribution in [0.2, 0.25) is 0 Å². The number of nitrogens with two attached hydrogens (primary N) is 1. The third kappa shape index (κ3) is 6.09. The van der Waals surface area contributed by atoms with Crippen LogP contribution in [-0.4, -0.2) is 17.5 Å². The number of aryl methyl sites for hydroxylation is 1. The molecular formula is C22H27IN4O. The van der Waals surface area contributed by atoms with Gasteiger partial charge < -0.3 is 15.5 Å². The van der Waals surface area contributed by atoms with Gasteiger partial charge in [-0.15, -0.1) is 24.0 Å². The van der Waals surface area contributed by atoms with Gasteiger partial charge in [0.2, 0.25) is 5.89 Å². The number of halogens is 1. The molecule has 148 valence electrons. The lowest BCUT2D eigenvalue weighted by atomic mass is 10.0. The van der Waals surface area contributed by atoms with Gasteiger partial charge in [0.25, 0.3) is 0 Å². The maximum Gasteiger partial charge on any atom is 0.226 e. The highest BCUT2D eigenvalue weighted by atomic mass is 127. The normalized spacial score (nSPS) is 11.4. The average Bonchev–Trinajstić information content (AvgIpc) is 3.11. The Morgan fingerprint density at radius 2 is 1.93 bits per heavy atom. The van der Waals surface area contributed by atoms with E-state index in [1.165, 1.54) is 11.1 Å². The highest BCUT2D eigenvalue weighted by molar-refractivity contribution is 14.0. The van der Waals surface area contributed by atoms with E-state index in [9.17, 15) is 0 Å². The maximum atomic E-state index is 6.00. The van der Waals surface area contributed by atoms with Crippen molar-refractivity contribution in [3.8, 4) is 11.5 Å². The Labute approximate surface area is 183 Å². The minimum absolute atomic E-state index is 0. The molecule has 0 saturated heterocycles. The predicted octanol–water partition coefficient (Wildman–Crippen LogP) is 5.36. The van der Waals surface area contributed by atoms with Crippen LogP contribution in [0.3, 0.4) is 0 Å². The number of aliphatic imine (C=N–C) groups is 1. The number of oxazole rings is 1. The van der Waals surface area contributed by atoms with Crippen LogP contribution in [0.1, 0.15) is 36.6 Å². The standard InChI is InChI=1S/C22H26N4O.HI/c1-15(2)18-5-4-6-19(13-18)26-22(23)24-12-11-20-14-27-21(25-20)17-9-7-16(3)8-10-17;/h4-10,13-15H,11-12H2,1-3H3,(H3,23,24,26);1H. The van der Waals surface area contributed by atoms with Gasteiger partial charge in [0.1, 0.15) is 6.26 Å². The molecule has 0 radical (unpaired) electrons. The lowest BCUT2D eigenvalue weighted by molar-refractivity contribution is 0.572. The Morgan fingerprint density at radius 1 is 1.18 bits per heavy atom. The molecule has 0 aliphatic heterocycles. The molecule has 0 aliphatic rings. The van der Waals surface area contributed by atoms with Gasteiger partial charge in [-0.05, 0) is 42.7 Å². The van der Waals surface area contributed by atoms with E-state index in [-0.39, 0.29) is 24.0 Å². The van der Waals surface area contributed by atoms with Crippen LogP contribution in [0.25, 0.3) is 11.5 Å². The zero-order chi connectivity index (χ0) is 19.2. The zero-order valence-electron chi connectivity index (χ0n) is 16.5. The first-order valence-corrected chi connectivity index (χ1v) is 9.19. The SMILES string of the molecule is Cc1ccc(-c2nc(CCN=C(N)Nc3cccc(C(C)C)c3)co2)cc1.I. The molecule has 3 N–H and O–H groups in total. The van der Waals surface area contributed by atoms with Crippen molar-refractivity contribution in [1.82, 2.24) is 4.98 Å². The molecule has 0 unspecified atom stereocenters. The Hall–Kier alpha value is -2.35. The summed E-state index contributed by atoms with van der Waals surface area (Å²) in [6.07, 6.45) is 2.35. The number of rotatable bonds is 6. The van der Waals surface area contributed by atoms with Gasteiger partial charge in [0, 0.05) is 24.2 Å². The molecule has 28 heavy (non-hydrogen) atoms. The summed E-state index contributed by atoms with van der Waals surface area (Å²) in [5.41, 5.74) is 11.3. The van der Waals surface area contributed by atoms with Crippen molar-refractivity contribution >= 4 is 35.6 Å². The molecule has 0 aliphatic carbocycles. The van der Waals surface area contributed by atoms with Gasteiger partial charge in [-0.1, -0.05) is 43.7 Å². The number of hydrogen-bond acceptors (Lipinski definition) is 3. The fourth-order valence-electron chi connectivity index (χ4n) is 2.70. The molecule has 3 rings (SSSR count). The first kappa shape index (κ1) is 21.9. The van der Waals surface area contributed by atoms with Crippen LogP contribution < -0.4 is 11.1 Å². The summed E-state index contributed by atoms with van der Waals surface area (Å²) in [4.78, 5) is 8.91. The molecule has 0 atom stereocenters. The molecule has 1 aromatic heterocycles. The first-order chi connectivity index (χ1) is 13.0. The number of nitrogens with zero attached hydrogens (tertiary/aromatic N) is 2. The quantitative estimate of drug-likeness (QED) is 0.277. The molecule has 6 heteroatoms. The summed E-state index contributed by atoms with van der Waals surface area (Å²) >= 11 is 0. The molecule has 0 amide bonds. The number of aromatic nitrogens is 1. The van der Waals surface area contributed by atoms with E-state index in [1.807, 2.05) is 36.4 Å². The Balaban J connectivity index is 0.00000280. The van der Waals surface area contributed by atoms with Crippen LogP contribution in [-0.2, 0) is 6.42 Å². The maximum absolute atomic E-state index is 6.00. The molecular weight excluding hydrogens is 463 g/mol. The van der Waals surface area contributed by atoms with Crippen LogP contribution in [0.5, 0.6) is 0 Å². The van der Waals surface area contributed by atoms with Crippen LogP contribution in [0.15, 0.2) is 64.2 Å². The van der Waals surface area contributed by atoms with Gasteiger partial charge in [-0.3, -0.25) is 4.99 Å². The summed E-state index contributed by atoms with van der Waals surface area (Å²) in [6, 6.07) is 16.3. The van der Waals surface area contributed by atoms with E-state index in [0.29, 0.717) is 30.7 Å². The lowest BCUT2D eigenvalue weighted by Crippen LogP contribution is -2.23. The van der Waals surface area contributed by atoms with E-state index < -0.39 is 0 Å². The average molecular weight is 490 g/mol. The van der Waals surface area contributed by atoms with Gasteiger partial charge in [-0.2, -0.15) is 0 Å². The van der Waals surface area contributed by atoms with E-state index >= 15 is 0 Å². The summed E-state index contributed by atoms with van der Waals surface area (Å²) < 4.78 is 5.57. The largest absolute Gasteiger partial charge is 0.444 e. The summed E-state index contributed by atoms with van der Waals surface area (Å²) in [5.74, 6) is 1.50. The molecule has 1 heterocycles. The van der Waals surface area contributed by atoms with Crippen molar-refractivity contribution in [3.63, 3.8) is 0 Å². The van der Waals surface area contributed by atoms with Crippen molar-refractivity contribution < 1.29 is 4.42 Å². The van der Waals surface area contributed by atoms with Crippen molar-refractivity contribution in [1.29, 1.82) is 0 Å². The van der Waals surface area contributed by atoms with Crippen molar-refractivity contribution in [2.24, 2.45) is 10.7 Å². The van der Waals surface area contributed by atoms with Gasteiger partial charge in [-0.25, -0.2) is 4.98 Å². The fourth-order valence-corrected chi connectivity index (χ4v) is 2.70. The summed E-state index contributed by atoms with van der Waals surface area (Å²) in [6.45, 7) is 6.93. The summed E-state index contributed by atoms with van der Waals surface area (Å²) in [7, 11) is 0. The van der Waals surface area contributed by atoms with E-state index in [2.05, 4.69) is 48.2 Å². The summed E-state index contributed by atoms with van der Waals surface area (Å²) in [5, 5.41) is 3.14. The molecule has 0 saturated carbocycles. The van der Waals surface area contributed by atoms with Crippen molar-refractivity contribution in [2.45, 2.75) is 33.1 Å². The Morgan fingerprint density at radius 3 is 2.64 bits per heavy atom. The van der Waals surface area contributed by atoms with Crippen LogP contribution >= 0.6 is 24.0 Å². The Kier molecular flexibility index (Phi) is 8.04. The van der Waals surface area contributed by atoms with Crippen LogP contribution in [0, 0.1) is 6.92 Å². The smallest absolute Gasteiger partial charge is 0.226 e. The minimum Gasteiger partial charge on any atom is -0.444 e. The van der Waals surface area contributed by atoms with Crippen molar-refractivity contribution in [2.75, 3.05) is 11.9 Å². The molecule has 3 aromatic rings. The van der Waals surface area contributed by atoms with Crippen LogP contribution in [0.4, 0.5) is 5.69 Å². The van der Waals surface area contributed by atoms with Gasteiger partial charge in [0.15, 0.2) is 5.96 Å². The third-order valence-electron chi connectivity index (χ3n) is 4.33. The second-order valence-electron chi connectivity index (χ2n) is 6.93. The number of anilines is 1. The molecule has 0 bridgehead atoms. The highest BCUT2D eigenvalue weighted by Crippen LogP contribution is 2.20. The predicted molar refractivity (Wildman–Crippen MR) is 126 cm³/mol. The number of nitrogens with one attached hydrogen (secondary N) is 1. The number of guanidine groups is 1. The molecule has 2 aromatic carbocycles. The molecule has 0 fully saturated rings. The highest BCUT2D eigenvalue weighted by Gasteiger charge is 2.06. The minimum atomic E-state index is 0. The third-order valence-corrected chi connectivity index (χ3v) is 4.33. The second-order valence-corrected chi connectivity index (χ2v) is 6.93. The topological polar surface area (TPSA) is 76.4 Å². The number of benzene rings is 2.